The van der Waals surface area contributed by atoms with Crippen LogP contribution in [0.4, 0.5) is 0 Å². The van der Waals surface area contributed by atoms with Crippen molar-refractivity contribution < 1.29 is 9.47 Å². The molecular formula is C27H26N4O2. The molecule has 2 aliphatic rings. The highest BCUT2D eigenvalue weighted by atomic mass is 16.7. The van der Waals surface area contributed by atoms with Crippen molar-refractivity contribution >= 4 is 0 Å². The second-order valence-electron chi connectivity index (χ2n) is 8.64. The number of pyridine rings is 1. The Morgan fingerprint density at radius 2 is 1.79 bits per heavy atom. The largest absolute Gasteiger partial charge is 0.454 e. The summed E-state index contributed by atoms with van der Waals surface area (Å²) in [6.45, 7) is 2.90. The van der Waals surface area contributed by atoms with Gasteiger partial charge < -0.3 is 9.47 Å². The molecule has 0 amide bonds. The van der Waals surface area contributed by atoms with Crippen LogP contribution in [0.2, 0.25) is 0 Å². The zero-order valence-electron chi connectivity index (χ0n) is 18.4. The molecule has 0 saturated carbocycles. The molecule has 6 nitrogen and oxygen atoms in total. The number of aromatic nitrogens is 3. The second kappa shape index (κ2) is 8.71. The molecule has 6 rings (SSSR count). The summed E-state index contributed by atoms with van der Waals surface area (Å²) in [5, 5.41) is 5.02. The van der Waals surface area contributed by atoms with Gasteiger partial charge in [0.2, 0.25) is 6.79 Å². The zero-order chi connectivity index (χ0) is 22.0. The molecule has 1 unspecified atom stereocenters. The first-order valence-corrected chi connectivity index (χ1v) is 11.5. The van der Waals surface area contributed by atoms with Crippen molar-refractivity contribution in [1.29, 1.82) is 0 Å². The summed E-state index contributed by atoms with van der Waals surface area (Å²) in [7, 11) is 0. The van der Waals surface area contributed by atoms with E-state index in [1.54, 1.807) is 0 Å². The summed E-state index contributed by atoms with van der Waals surface area (Å²) in [5.74, 6) is 1.57. The van der Waals surface area contributed by atoms with E-state index in [-0.39, 0.29) is 6.79 Å². The standard InChI is InChI=1S/C27H26N4O2/c1-2-7-20(8-3-1)16-31-18-22(17-30-14-6-10-24(30)23-9-4-5-13-28-23)27(29-31)21-11-12-25-26(15-21)33-19-32-25/h1-5,7-9,11-13,15,18,24H,6,10,14,16-17,19H2. The normalized spacial score (nSPS) is 17.5. The molecule has 33 heavy (non-hydrogen) atoms. The van der Waals surface area contributed by atoms with Crippen LogP contribution in [-0.2, 0) is 13.1 Å². The number of nitrogens with zero attached hydrogens (tertiary/aromatic N) is 4. The van der Waals surface area contributed by atoms with Gasteiger partial charge >= 0.3 is 0 Å². The summed E-state index contributed by atoms with van der Waals surface area (Å²) < 4.78 is 13.2. The van der Waals surface area contributed by atoms with Crippen LogP contribution in [0, 0.1) is 0 Å². The molecule has 166 valence electrons. The first-order valence-electron chi connectivity index (χ1n) is 11.5. The number of benzene rings is 2. The van der Waals surface area contributed by atoms with E-state index in [1.165, 1.54) is 17.5 Å². The molecule has 0 bridgehead atoms. The number of fused-ring (bicyclic) bond motifs is 1. The molecule has 4 heterocycles. The van der Waals surface area contributed by atoms with Crippen molar-refractivity contribution in [2.75, 3.05) is 13.3 Å². The smallest absolute Gasteiger partial charge is 0.231 e. The van der Waals surface area contributed by atoms with E-state index in [0.717, 1.165) is 54.5 Å². The maximum absolute atomic E-state index is 5.64. The zero-order valence-corrected chi connectivity index (χ0v) is 18.4. The van der Waals surface area contributed by atoms with Gasteiger partial charge in [0, 0.05) is 30.1 Å². The Morgan fingerprint density at radius 1 is 0.909 bits per heavy atom. The van der Waals surface area contributed by atoms with Gasteiger partial charge in [-0.2, -0.15) is 5.10 Å². The second-order valence-corrected chi connectivity index (χ2v) is 8.64. The third-order valence-corrected chi connectivity index (χ3v) is 6.44. The van der Waals surface area contributed by atoms with Crippen molar-refractivity contribution in [3.05, 3.63) is 95.9 Å². The molecule has 2 aromatic carbocycles. The van der Waals surface area contributed by atoms with Gasteiger partial charge in [-0.05, 0) is 55.3 Å². The molecule has 0 spiro atoms. The minimum absolute atomic E-state index is 0.271. The number of ether oxygens (including phenoxy) is 2. The van der Waals surface area contributed by atoms with Gasteiger partial charge in [0.1, 0.15) is 0 Å². The lowest BCUT2D eigenvalue weighted by molar-refractivity contribution is 0.174. The van der Waals surface area contributed by atoms with Crippen LogP contribution in [0.15, 0.2) is 79.1 Å². The minimum Gasteiger partial charge on any atom is -0.454 e. The molecule has 2 aromatic heterocycles. The third kappa shape index (κ3) is 4.10. The average Bonchev–Trinajstić information content (AvgIpc) is 3.60. The van der Waals surface area contributed by atoms with E-state index in [1.807, 2.05) is 30.5 Å². The number of likely N-dealkylation sites (tertiary alicyclic amines) is 1. The predicted octanol–water partition coefficient (Wildman–Crippen LogP) is 5.06. The minimum atomic E-state index is 0.271. The summed E-state index contributed by atoms with van der Waals surface area (Å²) in [6, 6.07) is 23.1. The van der Waals surface area contributed by atoms with Crippen LogP contribution in [0.3, 0.4) is 0 Å². The Balaban J connectivity index is 1.34. The van der Waals surface area contributed by atoms with Crippen LogP contribution < -0.4 is 9.47 Å². The lowest BCUT2D eigenvalue weighted by Crippen LogP contribution is -2.23. The molecule has 0 radical (unpaired) electrons. The molecule has 4 aromatic rings. The topological polar surface area (TPSA) is 52.4 Å². The molecule has 0 N–H and O–H groups in total. The number of rotatable bonds is 6. The first-order chi connectivity index (χ1) is 16.3. The Labute approximate surface area is 193 Å². The summed E-state index contributed by atoms with van der Waals surface area (Å²) in [6.07, 6.45) is 6.40. The molecule has 0 aliphatic carbocycles. The molecule has 1 saturated heterocycles. The first kappa shape index (κ1) is 20.0. The summed E-state index contributed by atoms with van der Waals surface area (Å²) in [4.78, 5) is 7.17. The number of hydrogen-bond donors (Lipinski definition) is 0. The fourth-order valence-corrected chi connectivity index (χ4v) is 4.86. The van der Waals surface area contributed by atoms with Gasteiger partial charge in [-0.3, -0.25) is 14.6 Å². The van der Waals surface area contributed by atoms with Crippen LogP contribution in [0.25, 0.3) is 11.3 Å². The molecule has 1 atom stereocenters. The van der Waals surface area contributed by atoms with E-state index in [9.17, 15) is 0 Å². The van der Waals surface area contributed by atoms with Gasteiger partial charge in [0.05, 0.1) is 24.0 Å². The Morgan fingerprint density at radius 3 is 2.67 bits per heavy atom. The quantitative estimate of drug-likeness (QED) is 0.421. The van der Waals surface area contributed by atoms with Crippen LogP contribution in [0.1, 0.15) is 35.7 Å². The molecule has 6 heteroatoms. The lowest BCUT2D eigenvalue weighted by atomic mass is 10.1. The monoisotopic (exact) mass is 438 g/mol. The molecule has 1 fully saturated rings. The highest BCUT2D eigenvalue weighted by molar-refractivity contribution is 5.67. The predicted molar refractivity (Wildman–Crippen MR) is 126 cm³/mol. The maximum atomic E-state index is 5.64. The Kier molecular flexibility index (Phi) is 5.28. The SMILES string of the molecule is c1ccc(Cn2cc(CN3CCCC3c3ccccn3)c(-c3ccc4c(c3)OCO4)n2)cc1. The van der Waals surface area contributed by atoms with E-state index in [0.29, 0.717) is 6.04 Å². The van der Waals surface area contributed by atoms with Gasteiger partial charge in [-0.15, -0.1) is 0 Å². The van der Waals surface area contributed by atoms with Crippen LogP contribution in [0.5, 0.6) is 11.5 Å². The lowest BCUT2D eigenvalue weighted by Gasteiger charge is -2.24. The van der Waals surface area contributed by atoms with Gasteiger partial charge in [0.25, 0.3) is 0 Å². The van der Waals surface area contributed by atoms with E-state index < -0.39 is 0 Å². The van der Waals surface area contributed by atoms with Gasteiger partial charge in [0.15, 0.2) is 11.5 Å². The van der Waals surface area contributed by atoms with Crippen molar-refractivity contribution in [3.63, 3.8) is 0 Å². The third-order valence-electron chi connectivity index (χ3n) is 6.44. The van der Waals surface area contributed by atoms with E-state index in [2.05, 4.69) is 63.2 Å². The summed E-state index contributed by atoms with van der Waals surface area (Å²) in [5.41, 5.74) is 5.64. The van der Waals surface area contributed by atoms with Gasteiger partial charge in [-0.1, -0.05) is 36.4 Å². The molecular weight excluding hydrogens is 412 g/mol. The summed E-state index contributed by atoms with van der Waals surface area (Å²) >= 11 is 0. The van der Waals surface area contributed by atoms with Crippen molar-refractivity contribution in [2.24, 2.45) is 0 Å². The van der Waals surface area contributed by atoms with Crippen molar-refractivity contribution in [3.8, 4) is 22.8 Å². The van der Waals surface area contributed by atoms with E-state index >= 15 is 0 Å². The van der Waals surface area contributed by atoms with Gasteiger partial charge in [-0.25, -0.2) is 0 Å². The highest BCUT2D eigenvalue weighted by Crippen LogP contribution is 2.38. The van der Waals surface area contributed by atoms with Crippen LogP contribution in [-0.4, -0.2) is 33.0 Å². The average molecular weight is 439 g/mol. The van der Waals surface area contributed by atoms with Crippen molar-refractivity contribution in [1.82, 2.24) is 19.7 Å². The van der Waals surface area contributed by atoms with Crippen molar-refractivity contribution in [2.45, 2.75) is 32.0 Å². The number of hydrogen-bond acceptors (Lipinski definition) is 5. The fraction of sp³-hybridized carbons (Fsp3) is 0.259. The Bertz CT molecular complexity index is 1240. The highest BCUT2D eigenvalue weighted by Gasteiger charge is 2.28. The fourth-order valence-electron chi connectivity index (χ4n) is 4.86. The Hall–Kier alpha value is -3.64. The molecule has 2 aliphatic heterocycles. The van der Waals surface area contributed by atoms with Crippen LogP contribution >= 0.6 is 0 Å². The van der Waals surface area contributed by atoms with E-state index in [4.69, 9.17) is 14.6 Å². The maximum Gasteiger partial charge on any atom is 0.231 e.